The molecule has 10 nitrogen and oxygen atoms in total. The summed E-state index contributed by atoms with van der Waals surface area (Å²) in [7, 11) is 0. The van der Waals surface area contributed by atoms with Gasteiger partial charge in [-0.1, -0.05) is 5.92 Å². The molecule has 0 aromatic carbocycles. The molecule has 1 aliphatic heterocycles. The van der Waals surface area contributed by atoms with Gasteiger partial charge in [-0.15, -0.1) is 6.42 Å². The Bertz CT molecular complexity index is 716. The third-order valence-electron chi connectivity index (χ3n) is 3.21. The van der Waals surface area contributed by atoms with Crippen LogP contribution in [0.3, 0.4) is 0 Å². The van der Waals surface area contributed by atoms with Crippen molar-refractivity contribution in [2.24, 2.45) is 0 Å². The maximum absolute atomic E-state index is 14.0. The smallest absolute Gasteiger partial charge is 0.413 e. The summed E-state index contributed by atoms with van der Waals surface area (Å²) >= 11 is 0. The molecule has 11 heteroatoms. The van der Waals surface area contributed by atoms with Crippen LogP contribution in [0, 0.1) is 18.2 Å². The zero-order valence-corrected chi connectivity index (χ0v) is 12.1. The Morgan fingerprint density at radius 2 is 2.25 bits per heavy atom. The van der Waals surface area contributed by atoms with Crippen LogP contribution in [0.15, 0.2) is 11.0 Å². The summed E-state index contributed by atoms with van der Waals surface area (Å²) in [5.74, 6) is 0.200. The predicted octanol–water partition coefficient (Wildman–Crippen LogP) is -1.82. The van der Waals surface area contributed by atoms with Crippen LogP contribution in [-0.4, -0.2) is 62.5 Å². The van der Waals surface area contributed by atoms with Crippen molar-refractivity contribution >= 4 is 11.9 Å². The van der Waals surface area contributed by atoms with Crippen LogP contribution in [0.25, 0.3) is 0 Å². The number of aliphatic hydroxyl groups is 3. The molecule has 1 saturated heterocycles. The lowest BCUT2D eigenvalue weighted by Gasteiger charge is -2.17. The number of aromatic nitrogens is 2. The zero-order chi connectivity index (χ0) is 17.9. The van der Waals surface area contributed by atoms with Crippen LogP contribution < -0.4 is 11.0 Å². The molecule has 24 heavy (non-hydrogen) atoms. The molecule has 0 saturated carbocycles. The van der Waals surface area contributed by atoms with Gasteiger partial charge in [-0.2, -0.15) is 4.98 Å². The molecule has 1 aliphatic rings. The fourth-order valence-electron chi connectivity index (χ4n) is 2.07. The van der Waals surface area contributed by atoms with Crippen LogP contribution in [0.4, 0.5) is 15.0 Å². The third-order valence-corrected chi connectivity index (χ3v) is 3.21. The molecule has 0 unspecified atom stereocenters. The van der Waals surface area contributed by atoms with Gasteiger partial charge in [-0.25, -0.2) is 14.0 Å². The first-order chi connectivity index (χ1) is 11.4. The number of anilines is 1. The van der Waals surface area contributed by atoms with E-state index in [2.05, 4.69) is 9.72 Å². The normalized spacial score (nSPS) is 26.0. The summed E-state index contributed by atoms with van der Waals surface area (Å²) < 4.78 is 24.1. The molecule has 2 heterocycles. The number of ether oxygens (including phenoxy) is 2. The minimum atomic E-state index is -1.58. The summed E-state index contributed by atoms with van der Waals surface area (Å²) in [4.78, 5) is 26.5. The van der Waals surface area contributed by atoms with Gasteiger partial charge in [-0.05, 0) is 0 Å². The first-order valence-electron chi connectivity index (χ1n) is 6.67. The number of hydrogen-bond acceptors (Lipinski definition) is 8. The molecular weight excluding hydrogens is 329 g/mol. The Morgan fingerprint density at radius 1 is 1.54 bits per heavy atom. The Kier molecular flexibility index (Phi) is 5.47. The standard InChI is InChI=1S/C13H14FN3O7/c1-2-3-23-13(22)16-10-6(14)4-17(12(21)15-10)11-9(20)8(19)7(5-18)24-11/h1,4,7-9,11,18-20H,3,5H2,(H,15,16,21,22)/t7-,8-,9-,11-/m1/s1. The number of carbonyl (C=O) groups is 1. The second kappa shape index (κ2) is 7.37. The minimum absolute atomic E-state index is 0.354. The van der Waals surface area contributed by atoms with Gasteiger partial charge in [0.1, 0.15) is 18.3 Å². The maximum Gasteiger partial charge on any atom is 0.413 e. The average Bonchev–Trinajstić information content (AvgIpc) is 2.84. The van der Waals surface area contributed by atoms with Crippen molar-refractivity contribution < 1.29 is 34.0 Å². The van der Waals surface area contributed by atoms with E-state index in [0.717, 1.165) is 0 Å². The summed E-state index contributed by atoms with van der Waals surface area (Å²) in [5, 5.41) is 30.4. The first kappa shape index (κ1) is 17.8. The first-order valence-corrected chi connectivity index (χ1v) is 6.67. The number of terminal acetylenes is 1. The van der Waals surface area contributed by atoms with Crippen molar-refractivity contribution in [2.45, 2.75) is 24.5 Å². The van der Waals surface area contributed by atoms with Crippen molar-refractivity contribution in [3.8, 4) is 12.3 Å². The van der Waals surface area contributed by atoms with E-state index in [4.69, 9.17) is 16.3 Å². The van der Waals surface area contributed by atoms with E-state index in [1.54, 1.807) is 0 Å². The highest BCUT2D eigenvalue weighted by Crippen LogP contribution is 2.28. The van der Waals surface area contributed by atoms with Gasteiger partial charge >= 0.3 is 11.8 Å². The fraction of sp³-hybridized carbons (Fsp3) is 0.462. The van der Waals surface area contributed by atoms with Gasteiger partial charge < -0.3 is 24.8 Å². The Hall–Kier alpha value is -2.52. The molecule has 0 radical (unpaired) electrons. The molecule has 0 bridgehead atoms. The summed E-state index contributed by atoms with van der Waals surface area (Å²) in [5.41, 5.74) is -1.07. The van der Waals surface area contributed by atoms with Crippen molar-refractivity contribution in [3.05, 3.63) is 22.5 Å². The van der Waals surface area contributed by atoms with Crippen LogP contribution in [0.1, 0.15) is 6.23 Å². The number of aliphatic hydroxyl groups excluding tert-OH is 3. The predicted molar refractivity (Wildman–Crippen MR) is 75.3 cm³/mol. The molecule has 0 aliphatic carbocycles. The highest BCUT2D eigenvalue weighted by Gasteiger charge is 2.44. The van der Waals surface area contributed by atoms with E-state index in [9.17, 15) is 24.2 Å². The van der Waals surface area contributed by atoms with Gasteiger partial charge in [0.2, 0.25) is 0 Å². The van der Waals surface area contributed by atoms with Gasteiger partial charge in [0.05, 0.1) is 12.8 Å². The number of rotatable bonds is 4. The van der Waals surface area contributed by atoms with Crippen LogP contribution in [0.2, 0.25) is 0 Å². The Balaban J connectivity index is 2.23. The third kappa shape index (κ3) is 3.52. The van der Waals surface area contributed by atoms with Gasteiger partial charge in [0.15, 0.2) is 24.5 Å². The summed E-state index contributed by atoms with van der Waals surface area (Å²) in [6.45, 7) is -0.965. The van der Waals surface area contributed by atoms with Gasteiger partial charge in [0.25, 0.3) is 0 Å². The highest BCUT2D eigenvalue weighted by atomic mass is 19.1. The quantitative estimate of drug-likeness (QED) is 0.468. The number of nitrogens with zero attached hydrogens (tertiary/aromatic N) is 2. The van der Waals surface area contributed by atoms with Crippen molar-refractivity contribution in [1.29, 1.82) is 0 Å². The Labute approximate surface area is 134 Å². The van der Waals surface area contributed by atoms with E-state index in [1.807, 2.05) is 11.2 Å². The monoisotopic (exact) mass is 343 g/mol. The molecule has 1 aromatic rings. The number of nitrogens with one attached hydrogen (secondary N) is 1. The van der Waals surface area contributed by atoms with Crippen molar-refractivity contribution in [2.75, 3.05) is 18.5 Å². The lowest BCUT2D eigenvalue weighted by molar-refractivity contribution is -0.0553. The number of carbonyl (C=O) groups excluding carboxylic acids is 1. The summed E-state index contributed by atoms with van der Waals surface area (Å²) in [6, 6.07) is 0. The lowest BCUT2D eigenvalue weighted by atomic mass is 10.1. The Morgan fingerprint density at radius 3 is 2.83 bits per heavy atom. The highest BCUT2D eigenvalue weighted by molar-refractivity contribution is 5.83. The van der Waals surface area contributed by atoms with E-state index >= 15 is 0 Å². The minimum Gasteiger partial charge on any atom is -0.436 e. The number of amides is 1. The van der Waals surface area contributed by atoms with E-state index in [1.165, 1.54) is 0 Å². The average molecular weight is 343 g/mol. The zero-order valence-electron chi connectivity index (χ0n) is 12.1. The second-order valence-corrected chi connectivity index (χ2v) is 4.76. The number of hydrogen-bond donors (Lipinski definition) is 4. The molecule has 2 rings (SSSR count). The molecule has 4 atom stereocenters. The van der Waals surface area contributed by atoms with E-state index in [-0.39, 0.29) is 6.61 Å². The van der Waals surface area contributed by atoms with Crippen molar-refractivity contribution in [1.82, 2.24) is 9.55 Å². The van der Waals surface area contributed by atoms with Gasteiger partial charge in [-0.3, -0.25) is 9.88 Å². The molecule has 1 aromatic heterocycles. The fourth-order valence-corrected chi connectivity index (χ4v) is 2.07. The van der Waals surface area contributed by atoms with Crippen LogP contribution in [0.5, 0.6) is 0 Å². The largest absolute Gasteiger partial charge is 0.436 e. The molecule has 0 spiro atoms. The van der Waals surface area contributed by atoms with Crippen LogP contribution in [-0.2, 0) is 9.47 Å². The molecule has 1 amide bonds. The van der Waals surface area contributed by atoms with Gasteiger partial charge in [0, 0.05) is 0 Å². The van der Waals surface area contributed by atoms with E-state index < -0.39 is 54.6 Å². The SMILES string of the molecule is C#CCOC(=O)Nc1nc(=O)n([C@@H]2O[C@H](CO)[C@@H](O)[C@H]2O)cc1F. The lowest BCUT2D eigenvalue weighted by Crippen LogP contribution is -2.36. The van der Waals surface area contributed by atoms with Crippen LogP contribution >= 0.6 is 0 Å². The topological polar surface area (TPSA) is 143 Å². The number of halogens is 1. The molecular formula is C13H14FN3O7. The maximum atomic E-state index is 14.0. The van der Waals surface area contributed by atoms with E-state index in [0.29, 0.717) is 10.8 Å². The molecule has 1 fully saturated rings. The molecule has 4 N–H and O–H groups in total. The van der Waals surface area contributed by atoms with Crippen molar-refractivity contribution in [3.63, 3.8) is 0 Å². The second-order valence-electron chi connectivity index (χ2n) is 4.76. The molecule has 130 valence electrons. The summed E-state index contributed by atoms with van der Waals surface area (Å²) in [6.07, 6.45) is -1.23.